The molecule has 0 bridgehead atoms. The number of hydrogen-bond acceptors (Lipinski definition) is 2. The van der Waals surface area contributed by atoms with E-state index >= 15 is 0 Å². The monoisotopic (exact) mass is 171 g/mol. The van der Waals surface area contributed by atoms with E-state index in [2.05, 4.69) is 11.3 Å². The van der Waals surface area contributed by atoms with Gasteiger partial charge in [0.15, 0.2) is 6.20 Å². The molecule has 0 saturated heterocycles. The van der Waals surface area contributed by atoms with Crippen molar-refractivity contribution < 1.29 is 9.13 Å². The Balaban J connectivity index is 2.80. The van der Waals surface area contributed by atoms with Gasteiger partial charge in [-0.25, -0.2) is 4.68 Å². The number of ether oxygens (including phenoxy) is 1. The van der Waals surface area contributed by atoms with Crippen LogP contribution in [0.15, 0.2) is 0 Å². The highest BCUT2D eigenvalue weighted by Crippen LogP contribution is 2.15. The van der Waals surface area contributed by atoms with E-state index in [1.807, 2.05) is 13.8 Å². The fourth-order valence-electron chi connectivity index (χ4n) is 0.949. The normalized spacial score (nSPS) is 10.2. The van der Waals surface area contributed by atoms with E-state index in [4.69, 9.17) is 4.74 Å². The van der Waals surface area contributed by atoms with E-state index in [0.29, 0.717) is 13.2 Å². The largest absolute Gasteiger partial charge is 0.476 e. The van der Waals surface area contributed by atoms with Gasteiger partial charge in [-0.05, 0) is 13.3 Å². The summed E-state index contributed by atoms with van der Waals surface area (Å²) >= 11 is 0. The number of aromatic nitrogens is 2. The molecular formula is C8H12FN2O. The molecule has 0 spiro atoms. The summed E-state index contributed by atoms with van der Waals surface area (Å²) < 4.78 is 19.4. The van der Waals surface area contributed by atoms with E-state index in [9.17, 15) is 4.39 Å². The van der Waals surface area contributed by atoms with Crippen LogP contribution in [0.2, 0.25) is 0 Å². The molecule has 1 radical (unpaired) electrons. The maximum absolute atomic E-state index is 12.9. The number of nitrogens with zero attached hydrogens (tertiary/aromatic N) is 2. The molecule has 1 aromatic rings. The minimum absolute atomic E-state index is 0.194. The second kappa shape index (κ2) is 4.09. The predicted octanol–water partition coefficient (Wildman–Crippen LogP) is 1.63. The van der Waals surface area contributed by atoms with Crippen molar-refractivity contribution in [2.24, 2.45) is 0 Å². The van der Waals surface area contributed by atoms with Crippen molar-refractivity contribution in [1.29, 1.82) is 0 Å². The van der Waals surface area contributed by atoms with Crippen molar-refractivity contribution in [1.82, 2.24) is 9.78 Å². The molecule has 0 saturated carbocycles. The number of halogens is 1. The summed E-state index contributed by atoms with van der Waals surface area (Å²) in [4.78, 5) is 0. The van der Waals surface area contributed by atoms with Gasteiger partial charge >= 0.3 is 0 Å². The standard InChI is InChI=1S/C8H12FN2O/c1-3-5-11-8(12-4-2)7(9)6-10-11/h3-5H2,1-2H3. The summed E-state index contributed by atoms with van der Waals surface area (Å²) in [6.45, 7) is 4.91. The van der Waals surface area contributed by atoms with Gasteiger partial charge in [-0.2, -0.15) is 9.49 Å². The Hall–Kier alpha value is -1.06. The van der Waals surface area contributed by atoms with Crippen LogP contribution in [0, 0.1) is 12.0 Å². The molecule has 12 heavy (non-hydrogen) atoms. The zero-order valence-electron chi connectivity index (χ0n) is 7.30. The van der Waals surface area contributed by atoms with Crippen LogP contribution in [0.5, 0.6) is 5.88 Å². The second-order valence-electron chi connectivity index (χ2n) is 2.39. The molecule has 0 aliphatic carbocycles. The highest BCUT2D eigenvalue weighted by Gasteiger charge is 2.10. The molecule has 1 rings (SSSR count). The molecule has 0 aliphatic heterocycles. The highest BCUT2D eigenvalue weighted by molar-refractivity contribution is 5.10. The minimum atomic E-state index is -0.509. The van der Waals surface area contributed by atoms with Crippen LogP contribution in [-0.4, -0.2) is 16.4 Å². The van der Waals surface area contributed by atoms with Crippen molar-refractivity contribution in [2.75, 3.05) is 6.61 Å². The average Bonchev–Trinajstić information content (AvgIpc) is 2.37. The van der Waals surface area contributed by atoms with E-state index in [-0.39, 0.29) is 5.88 Å². The van der Waals surface area contributed by atoms with Gasteiger partial charge in [0.25, 0.3) is 0 Å². The van der Waals surface area contributed by atoms with Gasteiger partial charge in [-0.3, -0.25) is 0 Å². The van der Waals surface area contributed by atoms with Crippen molar-refractivity contribution in [3.8, 4) is 5.88 Å². The van der Waals surface area contributed by atoms with Crippen LogP contribution in [0.4, 0.5) is 4.39 Å². The van der Waals surface area contributed by atoms with Gasteiger partial charge in [0.2, 0.25) is 11.7 Å². The van der Waals surface area contributed by atoms with E-state index < -0.39 is 5.82 Å². The van der Waals surface area contributed by atoms with Crippen molar-refractivity contribution in [2.45, 2.75) is 26.8 Å². The van der Waals surface area contributed by atoms with Crippen LogP contribution in [-0.2, 0) is 6.54 Å². The van der Waals surface area contributed by atoms with Gasteiger partial charge in [0.05, 0.1) is 6.61 Å². The van der Waals surface area contributed by atoms with Gasteiger partial charge in [-0.15, -0.1) is 0 Å². The second-order valence-corrected chi connectivity index (χ2v) is 2.39. The van der Waals surface area contributed by atoms with Crippen molar-refractivity contribution >= 4 is 0 Å². The zero-order chi connectivity index (χ0) is 8.97. The molecule has 3 nitrogen and oxygen atoms in total. The van der Waals surface area contributed by atoms with Crippen LogP contribution >= 0.6 is 0 Å². The smallest absolute Gasteiger partial charge is 0.249 e. The molecule has 4 heteroatoms. The Morgan fingerprint density at radius 2 is 2.33 bits per heavy atom. The third-order valence-corrected chi connectivity index (χ3v) is 1.41. The summed E-state index contributed by atoms with van der Waals surface area (Å²) in [6.07, 6.45) is 3.13. The summed E-state index contributed by atoms with van der Waals surface area (Å²) in [5.74, 6) is -0.315. The highest BCUT2D eigenvalue weighted by atomic mass is 19.1. The van der Waals surface area contributed by atoms with Crippen LogP contribution in [0.3, 0.4) is 0 Å². The fourth-order valence-corrected chi connectivity index (χ4v) is 0.949. The maximum Gasteiger partial charge on any atom is 0.249 e. The van der Waals surface area contributed by atoms with Crippen LogP contribution in [0.1, 0.15) is 20.3 Å². The molecule has 1 heterocycles. The number of aryl methyl sites for hydroxylation is 1. The Bertz CT molecular complexity index is 247. The molecule has 0 unspecified atom stereocenters. The minimum Gasteiger partial charge on any atom is -0.476 e. The van der Waals surface area contributed by atoms with Gasteiger partial charge in [-0.1, -0.05) is 6.92 Å². The lowest BCUT2D eigenvalue weighted by Crippen LogP contribution is -2.04. The first-order valence-electron chi connectivity index (χ1n) is 4.06. The molecular weight excluding hydrogens is 159 g/mol. The summed E-state index contributed by atoms with van der Waals surface area (Å²) in [6, 6.07) is 0. The Labute approximate surface area is 71.1 Å². The first-order valence-corrected chi connectivity index (χ1v) is 4.06. The lowest BCUT2D eigenvalue weighted by molar-refractivity contribution is 0.285. The molecule has 0 aliphatic rings. The van der Waals surface area contributed by atoms with E-state index in [0.717, 1.165) is 6.42 Å². The fraction of sp³-hybridized carbons (Fsp3) is 0.625. The Kier molecular flexibility index (Phi) is 3.08. The Morgan fingerprint density at radius 1 is 1.58 bits per heavy atom. The van der Waals surface area contributed by atoms with E-state index in [1.165, 1.54) is 4.68 Å². The SMILES string of the molecule is CCCn1n[c]c(F)c1OCC. The molecule has 0 amide bonds. The van der Waals surface area contributed by atoms with Gasteiger partial charge < -0.3 is 4.74 Å². The first-order chi connectivity index (χ1) is 5.79. The summed E-state index contributed by atoms with van der Waals surface area (Å²) in [5, 5.41) is 3.72. The van der Waals surface area contributed by atoms with Crippen molar-refractivity contribution in [3.05, 3.63) is 12.0 Å². The van der Waals surface area contributed by atoms with E-state index in [1.54, 1.807) is 0 Å². The lowest BCUT2D eigenvalue weighted by atomic mass is 10.5. The molecule has 0 aromatic carbocycles. The zero-order valence-corrected chi connectivity index (χ0v) is 7.30. The molecule has 0 fully saturated rings. The topological polar surface area (TPSA) is 27.1 Å². The van der Waals surface area contributed by atoms with Gasteiger partial charge in [0, 0.05) is 6.54 Å². The lowest BCUT2D eigenvalue weighted by Gasteiger charge is -2.05. The first kappa shape index (κ1) is 9.03. The quantitative estimate of drug-likeness (QED) is 0.688. The summed E-state index contributed by atoms with van der Waals surface area (Å²) in [5.41, 5.74) is 0. The third kappa shape index (κ3) is 1.75. The predicted molar refractivity (Wildman–Crippen MR) is 42.5 cm³/mol. The third-order valence-electron chi connectivity index (χ3n) is 1.41. The maximum atomic E-state index is 12.9. The molecule has 0 atom stereocenters. The molecule has 0 N–H and O–H groups in total. The van der Waals surface area contributed by atoms with Crippen molar-refractivity contribution in [3.63, 3.8) is 0 Å². The average molecular weight is 171 g/mol. The summed E-state index contributed by atoms with van der Waals surface area (Å²) in [7, 11) is 0. The number of hydrogen-bond donors (Lipinski definition) is 0. The van der Waals surface area contributed by atoms with Crippen LogP contribution < -0.4 is 4.74 Å². The van der Waals surface area contributed by atoms with Crippen LogP contribution in [0.25, 0.3) is 0 Å². The van der Waals surface area contributed by atoms with Gasteiger partial charge in [0.1, 0.15) is 0 Å². The molecule has 1 aromatic heterocycles. The molecule has 67 valence electrons. The Morgan fingerprint density at radius 3 is 2.92 bits per heavy atom. The number of rotatable bonds is 4.